The molecular formula is C17H22FN3. The third-order valence-corrected chi connectivity index (χ3v) is 3.91. The molecule has 112 valence electrons. The Morgan fingerprint density at radius 1 is 1.33 bits per heavy atom. The van der Waals surface area contributed by atoms with E-state index < -0.39 is 0 Å². The van der Waals surface area contributed by atoms with Crippen molar-refractivity contribution >= 4 is 0 Å². The van der Waals surface area contributed by atoms with Gasteiger partial charge in [-0.25, -0.2) is 4.39 Å². The Bertz CT molecular complexity index is 629. The fraction of sp³-hybridized carbons (Fsp3) is 0.471. The quantitative estimate of drug-likeness (QED) is 0.882. The third-order valence-electron chi connectivity index (χ3n) is 3.91. The largest absolute Gasteiger partial charge is 0.310 e. The first-order chi connectivity index (χ1) is 10.2. The van der Waals surface area contributed by atoms with Crippen LogP contribution in [0.25, 0.3) is 11.1 Å². The number of aromatic nitrogens is 2. The molecule has 1 aliphatic rings. The third kappa shape index (κ3) is 3.32. The van der Waals surface area contributed by atoms with Crippen LogP contribution in [0.15, 0.2) is 24.4 Å². The van der Waals surface area contributed by atoms with Gasteiger partial charge in [0.1, 0.15) is 5.82 Å². The van der Waals surface area contributed by atoms with Crippen LogP contribution in [0.2, 0.25) is 0 Å². The molecule has 1 fully saturated rings. The second kappa shape index (κ2) is 5.98. The van der Waals surface area contributed by atoms with Crippen molar-refractivity contribution in [3.8, 4) is 11.1 Å². The zero-order valence-electron chi connectivity index (χ0n) is 12.7. The average molecular weight is 287 g/mol. The Labute approximate surface area is 125 Å². The molecule has 21 heavy (non-hydrogen) atoms. The molecule has 3 rings (SSSR count). The molecule has 2 aromatic rings. The van der Waals surface area contributed by atoms with Gasteiger partial charge in [-0.2, -0.15) is 5.10 Å². The van der Waals surface area contributed by atoms with Crippen molar-refractivity contribution in [1.82, 2.24) is 15.1 Å². The Morgan fingerprint density at radius 2 is 2.14 bits per heavy atom. The highest BCUT2D eigenvalue weighted by Crippen LogP contribution is 2.29. The van der Waals surface area contributed by atoms with E-state index >= 15 is 0 Å². The number of aryl methyl sites for hydroxylation is 2. The Morgan fingerprint density at radius 3 is 2.86 bits per heavy atom. The van der Waals surface area contributed by atoms with Crippen molar-refractivity contribution in [2.24, 2.45) is 7.05 Å². The van der Waals surface area contributed by atoms with Crippen LogP contribution in [-0.4, -0.2) is 15.8 Å². The zero-order valence-corrected chi connectivity index (χ0v) is 12.7. The number of hydrogen-bond donors (Lipinski definition) is 1. The fourth-order valence-electron chi connectivity index (χ4n) is 2.69. The highest BCUT2D eigenvalue weighted by molar-refractivity contribution is 5.69. The smallest absolute Gasteiger partial charge is 0.123 e. The first-order valence-corrected chi connectivity index (χ1v) is 7.72. The van der Waals surface area contributed by atoms with Crippen molar-refractivity contribution in [1.29, 1.82) is 0 Å². The molecular weight excluding hydrogens is 265 g/mol. The summed E-state index contributed by atoms with van der Waals surface area (Å²) >= 11 is 0. The summed E-state index contributed by atoms with van der Waals surface area (Å²) < 4.78 is 15.5. The number of rotatable bonds is 6. The second-order valence-electron chi connectivity index (χ2n) is 5.87. The highest BCUT2D eigenvalue weighted by Gasteiger charge is 2.21. The number of halogens is 1. The summed E-state index contributed by atoms with van der Waals surface area (Å²) in [5.41, 5.74) is 4.35. The molecule has 1 saturated carbocycles. The van der Waals surface area contributed by atoms with Gasteiger partial charge >= 0.3 is 0 Å². The van der Waals surface area contributed by atoms with Crippen molar-refractivity contribution in [3.05, 3.63) is 41.5 Å². The minimum absolute atomic E-state index is 0.174. The number of nitrogens with one attached hydrogen (secondary N) is 1. The van der Waals surface area contributed by atoms with Gasteiger partial charge in [-0.3, -0.25) is 4.68 Å². The van der Waals surface area contributed by atoms with Crippen LogP contribution in [0.1, 0.15) is 37.4 Å². The molecule has 0 atom stereocenters. The summed E-state index contributed by atoms with van der Waals surface area (Å²) in [5, 5.41) is 8.03. The molecule has 0 spiro atoms. The van der Waals surface area contributed by atoms with Gasteiger partial charge in [-0.05, 0) is 42.5 Å². The predicted molar refractivity (Wildman–Crippen MR) is 82.5 cm³/mol. The van der Waals surface area contributed by atoms with Crippen molar-refractivity contribution < 1.29 is 4.39 Å². The van der Waals surface area contributed by atoms with E-state index in [4.69, 9.17) is 0 Å². The molecule has 3 nitrogen and oxygen atoms in total. The predicted octanol–water partition coefficient (Wildman–Crippen LogP) is 3.43. The van der Waals surface area contributed by atoms with E-state index in [9.17, 15) is 4.39 Å². The second-order valence-corrected chi connectivity index (χ2v) is 5.87. The van der Waals surface area contributed by atoms with Gasteiger partial charge in [0.15, 0.2) is 0 Å². The first-order valence-electron chi connectivity index (χ1n) is 7.72. The maximum absolute atomic E-state index is 13.6. The Hall–Kier alpha value is -1.68. The molecule has 1 aromatic heterocycles. The maximum Gasteiger partial charge on any atom is 0.123 e. The molecule has 0 amide bonds. The summed E-state index contributed by atoms with van der Waals surface area (Å²) in [4.78, 5) is 0. The molecule has 1 aliphatic carbocycles. The van der Waals surface area contributed by atoms with Crippen molar-refractivity contribution in [2.75, 3.05) is 0 Å². The van der Waals surface area contributed by atoms with Crippen molar-refractivity contribution in [2.45, 2.75) is 45.2 Å². The summed E-state index contributed by atoms with van der Waals surface area (Å²) in [6, 6.07) is 5.69. The summed E-state index contributed by atoms with van der Waals surface area (Å²) in [5.74, 6) is -0.174. The first kappa shape index (κ1) is 14.3. The van der Waals surface area contributed by atoms with E-state index in [1.54, 1.807) is 12.1 Å². The van der Waals surface area contributed by atoms with E-state index in [0.29, 0.717) is 6.04 Å². The van der Waals surface area contributed by atoms with Crippen LogP contribution >= 0.6 is 0 Å². The van der Waals surface area contributed by atoms with E-state index in [0.717, 1.165) is 41.8 Å². The highest BCUT2D eigenvalue weighted by atomic mass is 19.1. The monoisotopic (exact) mass is 287 g/mol. The van der Waals surface area contributed by atoms with Gasteiger partial charge in [0.25, 0.3) is 0 Å². The van der Waals surface area contributed by atoms with Gasteiger partial charge in [-0.1, -0.05) is 19.4 Å². The van der Waals surface area contributed by atoms with Gasteiger partial charge < -0.3 is 5.32 Å². The Kier molecular flexibility index (Phi) is 4.06. The van der Waals surface area contributed by atoms with E-state index in [-0.39, 0.29) is 5.82 Å². The minimum atomic E-state index is -0.174. The van der Waals surface area contributed by atoms with Crippen LogP contribution < -0.4 is 5.32 Å². The van der Waals surface area contributed by atoms with Gasteiger partial charge in [-0.15, -0.1) is 0 Å². The van der Waals surface area contributed by atoms with Gasteiger partial charge in [0, 0.05) is 31.4 Å². The number of hydrogen-bond acceptors (Lipinski definition) is 2. The molecule has 0 radical (unpaired) electrons. The number of nitrogens with zero attached hydrogens (tertiary/aromatic N) is 2. The maximum atomic E-state index is 13.6. The lowest BCUT2D eigenvalue weighted by Crippen LogP contribution is -2.16. The van der Waals surface area contributed by atoms with Crippen molar-refractivity contribution in [3.63, 3.8) is 0 Å². The number of benzene rings is 1. The summed E-state index contributed by atoms with van der Waals surface area (Å²) in [6.07, 6.45) is 6.51. The standard InChI is InChI=1S/C17H22FN3/c1-3-4-17-16(11-21(2)20-17)15-8-5-13(18)9-12(15)10-19-14-6-7-14/h5,8-9,11,14,19H,3-4,6-7,10H2,1-2H3. The van der Waals surface area contributed by atoms with E-state index in [1.165, 1.54) is 12.8 Å². The van der Waals surface area contributed by atoms with E-state index in [2.05, 4.69) is 17.3 Å². The fourth-order valence-corrected chi connectivity index (χ4v) is 2.69. The van der Waals surface area contributed by atoms with Crippen LogP contribution in [0.5, 0.6) is 0 Å². The molecule has 1 heterocycles. The molecule has 4 heteroatoms. The lowest BCUT2D eigenvalue weighted by molar-refractivity contribution is 0.620. The van der Waals surface area contributed by atoms with Crippen LogP contribution in [-0.2, 0) is 20.0 Å². The van der Waals surface area contributed by atoms with Crippen LogP contribution in [0.4, 0.5) is 4.39 Å². The lowest BCUT2D eigenvalue weighted by atomic mass is 9.98. The Balaban J connectivity index is 1.95. The van der Waals surface area contributed by atoms with Crippen LogP contribution in [0, 0.1) is 5.82 Å². The van der Waals surface area contributed by atoms with Crippen LogP contribution in [0.3, 0.4) is 0 Å². The molecule has 1 N–H and O–H groups in total. The molecule has 0 saturated heterocycles. The molecule has 1 aromatic carbocycles. The molecule has 0 aliphatic heterocycles. The normalized spacial score (nSPS) is 14.6. The average Bonchev–Trinajstić information content (AvgIpc) is 3.21. The summed E-state index contributed by atoms with van der Waals surface area (Å²) in [6.45, 7) is 2.87. The summed E-state index contributed by atoms with van der Waals surface area (Å²) in [7, 11) is 1.94. The lowest BCUT2D eigenvalue weighted by Gasteiger charge is -2.11. The van der Waals surface area contributed by atoms with E-state index in [1.807, 2.05) is 24.0 Å². The van der Waals surface area contributed by atoms with Gasteiger partial charge in [0.05, 0.1) is 5.69 Å². The molecule has 0 bridgehead atoms. The minimum Gasteiger partial charge on any atom is -0.310 e. The topological polar surface area (TPSA) is 29.9 Å². The zero-order chi connectivity index (χ0) is 14.8. The SMILES string of the molecule is CCCc1nn(C)cc1-c1ccc(F)cc1CNC1CC1. The van der Waals surface area contributed by atoms with Gasteiger partial charge in [0.2, 0.25) is 0 Å². The molecule has 0 unspecified atom stereocenters.